The first-order valence-corrected chi connectivity index (χ1v) is 6.81. The molecular formula is C15H15ClF3KO3. The van der Waals surface area contributed by atoms with Crippen LogP contribution in [-0.4, -0.2) is 23.4 Å². The van der Waals surface area contributed by atoms with Crippen LogP contribution in [0.3, 0.4) is 0 Å². The molecule has 0 unspecified atom stereocenters. The van der Waals surface area contributed by atoms with Crippen molar-refractivity contribution in [3.8, 4) is 5.75 Å². The Kier molecular flexibility index (Phi) is 6.44. The number of aliphatic carboxylic acids is 1. The van der Waals surface area contributed by atoms with Gasteiger partial charge in [-0.15, -0.1) is 0 Å². The van der Waals surface area contributed by atoms with Crippen molar-refractivity contribution in [2.24, 2.45) is 0 Å². The van der Waals surface area contributed by atoms with Crippen LogP contribution in [0.15, 0.2) is 17.7 Å². The summed E-state index contributed by atoms with van der Waals surface area (Å²) in [4.78, 5) is 11.1. The molecule has 1 aromatic carbocycles. The zero-order valence-corrected chi connectivity index (χ0v) is 17.0. The summed E-state index contributed by atoms with van der Waals surface area (Å²) in [6.07, 6.45) is -6.35. The molecule has 3 nitrogen and oxygen atoms in total. The van der Waals surface area contributed by atoms with E-state index < -0.39 is 23.8 Å². The average molecular weight is 375 g/mol. The molecule has 1 aliphatic rings. The first kappa shape index (κ1) is 21.0. The summed E-state index contributed by atoms with van der Waals surface area (Å²) in [5, 5.41) is 9.32. The second-order valence-electron chi connectivity index (χ2n) is 6.06. The van der Waals surface area contributed by atoms with Crippen molar-refractivity contribution in [2.45, 2.75) is 38.5 Å². The number of hydrogen-bond acceptors (Lipinski definition) is 2. The number of carboxylic acids is 1. The van der Waals surface area contributed by atoms with Crippen molar-refractivity contribution in [1.29, 1.82) is 0 Å². The number of ether oxygens (including phenoxy) is 1. The fourth-order valence-electron chi connectivity index (χ4n) is 2.21. The molecule has 0 saturated carbocycles. The van der Waals surface area contributed by atoms with E-state index in [0.29, 0.717) is 10.6 Å². The van der Waals surface area contributed by atoms with Crippen LogP contribution in [0.5, 0.6) is 5.75 Å². The van der Waals surface area contributed by atoms with E-state index in [2.05, 4.69) is 0 Å². The molecule has 23 heavy (non-hydrogen) atoms. The van der Waals surface area contributed by atoms with E-state index in [4.69, 9.17) is 21.4 Å². The van der Waals surface area contributed by atoms with E-state index in [1.165, 1.54) is 12.1 Å². The summed E-state index contributed by atoms with van der Waals surface area (Å²) in [5.74, 6) is -1.70. The van der Waals surface area contributed by atoms with Crippen molar-refractivity contribution in [3.05, 3.63) is 33.9 Å². The minimum Gasteiger partial charge on any atom is -1.00 e. The van der Waals surface area contributed by atoms with Crippen LogP contribution in [0.4, 0.5) is 13.2 Å². The van der Waals surface area contributed by atoms with Crippen molar-refractivity contribution >= 4 is 23.6 Å². The Hall–Kier alpha value is -0.0536. The second-order valence-corrected chi connectivity index (χ2v) is 6.47. The smallest absolute Gasteiger partial charge is 1.00 e. The Morgan fingerprint density at radius 3 is 2.30 bits per heavy atom. The Morgan fingerprint density at radius 2 is 1.87 bits per heavy atom. The minimum atomic E-state index is -4.82. The van der Waals surface area contributed by atoms with Crippen molar-refractivity contribution < 1.29 is 80.6 Å². The average Bonchev–Trinajstić information content (AvgIpc) is 2.33. The number of fused-ring (bicyclic) bond motifs is 1. The number of carbonyl (C=O) groups is 1. The van der Waals surface area contributed by atoms with Crippen LogP contribution < -0.4 is 56.1 Å². The molecule has 122 valence electrons. The van der Waals surface area contributed by atoms with Gasteiger partial charge in [-0.1, -0.05) is 32.4 Å². The van der Waals surface area contributed by atoms with Crippen molar-refractivity contribution in [3.63, 3.8) is 0 Å². The Balaban J connectivity index is 0.00000264. The molecule has 0 bridgehead atoms. The minimum absolute atomic E-state index is 0. The summed E-state index contributed by atoms with van der Waals surface area (Å²) in [6, 6.07) is 2.86. The summed E-state index contributed by atoms with van der Waals surface area (Å²) in [6.45, 7) is 5.59. The van der Waals surface area contributed by atoms with Gasteiger partial charge in [0.1, 0.15) is 5.75 Å². The second kappa shape index (κ2) is 7.05. The Labute approximate surface area is 180 Å². The number of hydrogen-bond donors (Lipinski definition) is 1. The maximum atomic E-state index is 13.0. The van der Waals surface area contributed by atoms with Crippen LogP contribution in [0.2, 0.25) is 5.02 Å². The maximum Gasteiger partial charge on any atom is 1.00 e. The van der Waals surface area contributed by atoms with Gasteiger partial charge in [0, 0.05) is 10.6 Å². The normalized spacial score (nSPS) is 17.5. The quantitative estimate of drug-likeness (QED) is 0.759. The monoisotopic (exact) mass is 374 g/mol. The Morgan fingerprint density at radius 1 is 1.30 bits per heavy atom. The summed E-state index contributed by atoms with van der Waals surface area (Å²) < 4.78 is 43.9. The molecule has 0 amide bonds. The van der Waals surface area contributed by atoms with Crippen molar-refractivity contribution in [1.82, 2.24) is 0 Å². The maximum absolute atomic E-state index is 13.0. The standard InChI is InChI=1S/C15H14ClF3O3.K.H/c1-14(2,3)9-6-11-7(5-10(9)16)4-8(13(20)21)12(22-11)15(17,18)19;;/h4-6,12H,1-3H3,(H,20,21);;/q;+1;-1/t12-;;/m0../s1. The molecule has 0 aromatic heterocycles. The van der Waals surface area contributed by atoms with Crippen LogP contribution in [0, 0.1) is 0 Å². The number of benzene rings is 1. The molecule has 0 spiro atoms. The van der Waals surface area contributed by atoms with Crippen LogP contribution in [0.1, 0.15) is 33.3 Å². The molecular weight excluding hydrogens is 360 g/mol. The molecule has 0 radical (unpaired) electrons. The van der Waals surface area contributed by atoms with Gasteiger partial charge < -0.3 is 11.3 Å². The third-order valence-electron chi connectivity index (χ3n) is 3.29. The number of rotatable bonds is 1. The van der Waals surface area contributed by atoms with E-state index in [1.54, 1.807) is 0 Å². The van der Waals surface area contributed by atoms with E-state index in [-0.39, 0.29) is 69.5 Å². The SMILES string of the molecule is CC(C)(C)c1cc2c(cc1Cl)C=C(C(=O)O)[C@@H](C(F)(F)F)O2.[H-].[K+]. The predicted octanol–water partition coefficient (Wildman–Crippen LogP) is 1.55. The predicted molar refractivity (Wildman–Crippen MR) is 77.3 cm³/mol. The van der Waals surface area contributed by atoms with Gasteiger partial charge in [0.05, 0.1) is 5.57 Å². The van der Waals surface area contributed by atoms with Gasteiger partial charge in [-0.25, -0.2) is 4.79 Å². The topological polar surface area (TPSA) is 46.5 Å². The van der Waals surface area contributed by atoms with Gasteiger partial charge >= 0.3 is 63.5 Å². The van der Waals surface area contributed by atoms with Gasteiger partial charge in [-0.05, 0) is 29.2 Å². The molecule has 2 rings (SSSR count). The fourth-order valence-corrected chi connectivity index (χ4v) is 2.66. The van der Waals surface area contributed by atoms with Crippen LogP contribution in [-0.2, 0) is 10.2 Å². The first-order valence-electron chi connectivity index (χ1n) is 6.43. The van der Waals surface area contributed by atoms with Crippen molar-refractivity contribution in [2.75, 3.05) is 0 Å². The summed E-state index contributed by atoms with van der Waals surface area (Å²) in [7, 11) is 0. The van der Waals surface area contributed by atoms with Gasteiger partial charge in [-0.2, -0.15) is 13.2 Å². The van der Waals surface area contributed by atoms with E-state index in [0.717, 1.165) is 6.08 Å². The largest absolute Gasteiger partial charge is 1.00 e. The number of halogens is 4. The summed E-state index contributed by atoms with van der Waals surface area (Å²) in [5.41, 5.74) is -0.406. The van der Waals surface area contributed by atoms with Gasteiger partial charge in [0.15, 0.2) is 0 Å². The molecule has 0 saturated heterocycles. The van der Waals surface area contributed by atoms with E-state index in [9.17, 15) is 18.0 Å². The molecule has 8 heteroatoms. The van der Waals surface area contributed by atoms with Crippen LogP contribution >= 0.6 is 11.6 Å². The third kappa shape index (κ3) is 4.52. The van der Waals surface area contributed by atoms with E-state index >= 15 is 0 Å². The van der Waals surface area contributed by atoms with Crippen LogP contribution in [0.25, 0.3) is 6.08 Å². The third-order valence-corrected chi connectivity index (χ3v) is 3.60. The molecule has 1 N–H and O–H groups in total. The van der Waals surface area contributed by atoms with E-state index in [1.807, 2.05) is 20.8 Å². The molecule has 0 fully saturated rings. The summed E-state index contributed by atoms with van der Waals surface area (Å²) >= 11 is 6.14. The fraction of sp³-hybridized carbons (Fsp3) is 0.400. The Bertz CT molecular complexity index is 669. The number of alkyl halides is 3. The van der Waals surface area contributed by atoms with Gasteiger partial charge in [0.25, 0.3) is 0 Å². The van der Waals surface area contributed by atoms with Gasteiger partial charge in [0.2, 0.25) is 6.10 Å². The zero-order chi connectivity index (χ0) is 16.9. The zero-order valence-electron chi connectivity index (χ0n) is 14.1. The molecule has 1 aliphatic heterocycles. The first-order chi connectivity index (χ1) is 9.91. The molecule has 1 heterocycles. The molecule has 0 aliphatic carbocycles. The van der Waals surface area contributed by atoms with Gasteiger partial charge in [-0.3, -0.25) is 0 Å². The number of carboxylic acid groups (broad SMARTS) is 1. The molecule has 1 atom stereocenters. The molecule has 1 aromatic rings.